The van der Waals surface area contributed by atoms with Crippen molar-refractivity contribution in [3.05, 3.63) is 35.9 Å². The van der Waals surface area contributed by atoms with Crippen LogP contribution in [0, 0.1) is 11.3 Å². The molecule has 2 fully saturated rings. The highest BCUT2D eigenvalue weighted by molar-refractivity contribution is 9.10. The Morgan fingerprint density at radius 2 is 1.63 bits per heavy atom. The second-order valence-corrected chi connectivity index (χ2v) is 8.87. The zero-order chi connectivity index (χ0) is 20.4. The van der Waals surface area contributed by atoms with Gasteiger partial charge in [0, 0.05) is 12.1 Å². The molecule has 0 bridgehead atoms. The Morgan fingerprint density at radius 3 is 2.07 bits per heavy atom. The highest BCUT2D eigenvalue weighted by Gasteiger charge is 2.82. The van der Waals surface area contributed by atoms with Crippen LogP contribution < -0.4 is 0 Å². The maximum atomic E-state index is 14.9. The normalized spacial score (nSPS) is 28.9. The van der Waals surface area contributed by atoms with Gasteiger partial charge in [0.2, 0.25) is 17.2 Å². The third-order valence-electron chi connectivity index (χ3n) is 5.36. The first-order chi connectivity index (χ1) is 12.4. The molecule has 0 spiro atoms. The Balaban J connectivity index is 2.35. The number of alkyl halides is 3. The van der Waals surface area contributed by atoms with Crippen LogP contribution in [0.15, 0.2) is 30.3 Å². The monoisotopic (exact) mass is 442 g/mol. The predicted octanol–water partition coefficient (Wildman–Crippen LogP) is 3.35. The summed E-state index contributed by atoms with van der Waals surface area (Å²) < 4.78 is 29.8. The highest BCUT2D eigenvalue weighted by atomic mass is 79.9. The third kappa shape index (κ3) is 2.48. The van der Waals surface area contributed by atoms with Crippen LogP contribution in [0.4, 0.5) is 8.78 Å². The zero-order valence-electron chi connectivity index (χ0n) is 15.5. The minimum atomic E-state index is -3.87. The molecule has 0 aliphatic carbocycles. The fourth-order valence-corrected chi connectivity index (χ4v) is 4.88. The van der Waals surface area contributed by atoms with Gasteiger partial charge in [0.15, 0.2) is 0 Å². The molecule has 146 valence electrons. The van der Waals surface area contributed by atoms with E-state index in [4.69, 9.17) is 0 Å². The lowest BCUT2D eigenvalue weighted by molar-refractivity contribution is -0.162. The Kier molecular flexibility index (Phi) is 4.49. The van der Waals surface area contributed by atoms with Gasteiger partial charge >= 0.3 is 4.83 Å². The van der Waals surface area contributed by atoms with Crippen LogP contribution in [0.5, 0.6) is 0 Å². The van der Waals surface area contributed by atoms with E-state index in [2.05, 4.69) is 15.9 Å². The number of carbonyl (C=O) groups excluding carboxylic acids is 3. The molecule has 0 aromatic heterocycles. The minimum Gasteiger partial charge on any atom is -0.329 e. The number of hydrogen-bond donors (Lipinski definition) is 0. The number of rotatable bonds is 3. The van der Waals surface area contributed by atoms with Crippen molar-refractivity contribution in [1.82, 2.24) is 9.80 Å². The van der Waals surface area contributed by atoms with Crippen molar-refractivity contribution in [3.63, 3.8) is 0 Å². The number of hydrogen-bond acceptors (Lipinski definition) is 3. The SMILES string of the molecule is CCN1C(=O)[C@H]2[C@@H](c3ccccc3)N(C(C)(C)C)C(=O)[C@@]2(C(F)(F)Br)C1=O. The fourth-order valence-electron chi connectivity index (χ4n) is 4.29. The maximum Gasteiger partial charge on any atom is 0.325 e. The Hall–Kier alpha value is -1.83. The predicted molar refractivity (Wildman–Crippen MR) is 98.0 cm³/mol. The van der Waals surface area contributed by atoms with E-state index in [-0.39, 0.29) is 6.54 Å². The number of halogens is 3. The molecule has 3 atom stereocenters. The number of nitrogens with zero attached hydrogens (tertiary/aromatic N) is 2. The summed E-state index contributed by atoms with van der Waals surface area (Å²) in [7, 11) is 0. The van der Waals surface area contributed by atoms with Crippen molar-refractivity contribution < 1.29 is 23.2 Å². The zero-order valence-corrected chi connectivity index (χ0v) is 17.1. The van der Waals surface area contributed by atoms with Gasteiger partial charge in [0.1, 0.15) is 0 Å². The van der Waals surface area contributed by atoms with Gasteiger partial charge in [-0.2, -0.15) is 8.78 Å². The molecule has 1 aromatic rings. The highest BCUT2D eigenvalue weighted by Crippen LogP contribution is 2.63. The van der Waals surface area contributed by atoms with E-state index in [1.807, 2.05) is 0 Å². The lowest BCUT2D eigenvalue weighted by atomic mass is 9.75. The number of amides is 3. The van der Waals surface area contributed by atoms with Crippen LogP contribution in [-0.4, -0.2) is 44.4 Å². The number of imide groups is 1. The van der Waals surface area contributed by atoms with E-state index in [0.29, 0.717) is 5.56 Å². The number of likely N-dealkylation sites (tertiary alicyclic amines) is 2. The third-order valence-corrected chi connectivity index (χ3v) is 5.98. The summed E-state index contributed by atoms with van der Waals surface area (Å²) in [6.45, 7) is 6.57. The summed E-state index contributed by atoms with van der Waals surface area (Å²) in [6, 6.07) is 7.60. The Morgan fingerprint density at radius 1 is 1.07 bits per heavy atom. The van der Waals surface area contributed by atoms with Crippen LogP contribution in [-0.2, 0) is 14.4 Å². The molecule has 1 aromatic carbocycles. The summed E-state index contributed by atoms with van der Waals surface area (Å²) in [6.07, 6.45) is 0. The summed E-state index contributed by atoms with van der Waals surface area (Å²) in [5, 5.41) is 0. The van der Waals surface area contributed by atoms with Gasteiger partial charge in [-0.15, -0.1) is 0 Å². The van der Waals surface area contributed by atoms with E-state index in [9.17, 15) is 23.2 Å². The van der Waals surface area contributed by atoms with Crippen molar-refractivity contribution in [3.8, 4) is 0 Å². The first-order valence-electron chi connectivity index (χ1n) is 8.72. The van der Waals surface area contributed by atoms with Crippen molar-refractivity contribution >= 4 is 33.7 Å². The van der Waals surface area contributed by atoms with Gasteiger partial charge in [0.25, 0.3) is 5.91 Å². The smallest absolute Gasteiger partial charge is 0.325 e. The Bertz CT molecular complexity index is 803. The molecule has 8 heteroatoms. The van der Waals surface area contributed by atoms with Crippen LogP contribution >= 0.6 is 15.9 Å². The molecule has 0 radical (unpaired) electrons. The molecule has 2 aliphatic rings. The minimum absolute atomic E-state index is 0.0662. The van der Waals surface area contributed by atoms with Gasteiger partial charge in [-0.05, 0) is 49.2 Å². The molecule has 3 rings (SSSR count). The van der Waals surface area contributed by atoms with Crippen LogP contribution in [0.2, 0.25) is 0 Å². The van der Waals surface area contributed by atoms with Crippen LogP contribution in [0.1, 0.15) is 39.3 Å². The first-order valence-corrected chi connectivity index (χ1v) is 9.51. The fraction of sp³-hybridized carbons (Fsp3) is 0.526. The summed E-state index contributed by atoms with van der Waals surface area (Å²) in [4.78, 5) is 37.6. The Labute approximate surface area is 164 Å². The molecule has 3 amide bonds. The molecule has 0 N–H and O–H groups in total. The number of benzene rings is 1. The lowest BCUT2D eigenvalue weighted by Gasteiger charge is -2.39. The molecular formula is C19H21BrF2N2O3. The van der Waals surface area contributed by atoms with Crippen LogP contribution in [0.25, 0.3) is 0 Å². The summed E-state index contributed by atoms with van der Waals surface area (Å²) in [5.74, 6) is -4.41. The van der Waals surface area contributed by atoms with Gasteiger partial charge in [-0.25, -0.2) is 0 Å². The standard InChI is InChI=1S/C19H21BrF2N2O3/c1-5-23-14(25)12-13(11-9-7-6-8-10-11)24(17(2,3)4)16(27)18(12,15(23)26)19(20,21)22/h6-10,12-13H,5H2,1-4H3/t12-,13-,18+/m1/s1. The second kappa shape index (κ2) is 6.09. The number of carbonyl (C=O) groups is 3. The van der Waals surface area contributed by atoms with E-state index in [0.717, 1.165) is 4.90 Å². The van der Waals surface area contributed by atoms with Gasteiger partial charge in [-0.3, -0.25) is 19.3 Å². The molecule has 27 heavy (non-hydrogen) atoms. The lowest BCUT2D eigenvalue weighted by Crippen LogP contribution is -2.55. The van der Waals surface area contributed by atoms with E-state index < -0.39 is 45.5 Å². The van der Waals surface area contributed by atoms with E-state index >= 15 is 0 Å². The second-order valence-electron chi connectivity index (χ2n) is 7.87. The number of fused-ring (bicyclic) bond motifs is 1. The van der Waals surface area contributed by atoms with Crippen molar-refractivity contribution in [2.75, 3.05) is 6.54 Å². The van der Waals surface area contributed by atoms with Gasteiger partial charge in [-0.1, -0.05) is 30.3 Å². The van der Waals surface area contributed by atoms with Gasteiger partial charge < -0.3 is 4.90 Å². The largest absolute Gasteiger partial charge is 0.329 e. The first kappa shape index (κ1) is 19.9. The van der Waals surface area contributed by atoms with Crippen molar-refractivity contribution in [2.45, 2.75) is 44.1 Å². The molecular weight excluding hydrogens is 422 g/mol. The topological polar surface area (TPSA) is 57.7 Å². The quantitative estimate of drug-likeness (QED) is 0.409. The molecule has 2 heterocycles. The van der Waals surface area contributed by atoms with Gasteiger partial charge in [0.05, 0.1) is 12.0 Å². The van der Waals surface area contributed by atoms with E-state index in [1.165, 1.54) is 11.8 Å². The maximum absolute atomic E-state index is 14.9. The average molecular weight is 443 g/mol. The summed E-state index contributed by atoms with van der Waals surface area (Å²) >= 11 is 2.28. The molecule has 0 saturated carbocycles. The van der Waals surface area contributed by atoms with E-state index in [1.54, 1.807) is 51.1 Å². The molecule has 0 unspecified atom stereocenters. The van der Waals surface area contributed by atoms with Crippen molar-refractivity contribution in [2.24, 2.45) is 11.3 Å². The summed E-state index contributed by atoms with van der Waals surface area (Å²) in [5.41, 5.74) is -3.11. The molecule has 2 saturated heterocycles. The average Bonchev–Trinajstić information content (AvgIpc) is 2.97. The molecule has 5 nitrogen and oxygen atoms in total. The van der Waals surface area contributed by atoms with Crippen molar-refractivity contribution in [1.29, 1.82) is 0 Å². The van der Waals surface area contributed by atoms with Crippen LogP contribution in [0.3, 0.4) is 0 Å². The molecule has 2 aliphatic heterocycles.